The van der Waals surface area contributed by atoms with Crippen molar-refractivity contribution in [1.82, 2.24) is 9.78 Å². The van der Waals surface area contributed by atoms with Crippen LogP contribution in [-0.2, 0) is 6.54 Å². The van der Waals surface area contributed by atoms with E-state index < -0.39 is 17.1 Å². The summed E-state index contributed by atoms with van der Waals surface area (Å²) in [5, 5.41) is 16.5. The van der Waals surface area contributed by atoms with Crippen molar-refractivity contribution in [3.8, 4) is 17.0 Å². The number of aromatic nitrogens is 2. The second-order valence-corrected chi connectivity index (χ2v) is 5.93. The SMILES string of the molecule is CCn1nc(-c2ccccc2)c(C(C)=O)c(Nc2ccc(O)c(F)c2)c1=O. The zero-order valence-electron chi connectivity index (χ0n) is 14.9. The minimum Gasteiger partial charge on any atom is -0.505 e. The first-order valence-electron chi connectivity index (χ1n) is 8.39. The van der Waals surface area contributed by atoms with Crippen LogP contribution in [0.3, 0.4) is 0 Å². The van der Waals surface area contributed by atoms with E-state index in [1.165, 1.54) is 23.7 Å². The Labute approximate surface area is 154 Å². The highest BCUT2D eigenvalue weighted by atomic mass is 19.1. The van der Waals surface area contributed by atoms with E-state index >= 15 is 0 Å². The highest BCUT2D eigenvalue weighted by Crippen LogP contribution is 2.28. The number of halogens is 1. The number of carbonyl (C=O) groups is 1. The van der Waals surface area contributed by atoms with Crippen molar-refractivity contribution in [3.05, 3.63) is 70.3 Å². The Morgan fingerprint density at radius 2 is 1.93 bits per heavy atom. The molecule has 138 valence electrons. The van der Waals surface area contributed by atoms with Crippen molar-refractivity contribution in [2.45, 2.75) is 20.4 Å². The molecule has 3 rings (SSSR count). The van der Waals surface area contributed by atoms with Crippen LogP contribution in [0.15, 0.2) is 53.3 Å². The molecule has 27 heavy (non-hydrogen) atoms. The summed E-state index contributed by atoms with van der Waals surface area (Å²) in [6.07, 6.45) is 0. The number of Topliss-reactive ketones (excluding diaryl/α,β-unsaturated/α-hetero) is 1. The summed E-state index contributed by atoms with van der Waals surface area (Å²) in [7, 11) is 0. The first kappa shape index (κ1) is 18.3. The summed E-state index contributed by atoms with van der Waals surface area (Å²) >= 11 is 0. The molecule has 0 saturated carbocycles. The number of phenols is 1. The molecule has 0 spiro atoms. The molecule has 0 bridgehead atoms. The molecule has 2 aromatic carbocycles. The van der Waals surface area contributed by atoms with Gasteiger partial charge in [-0.25, -0.2) is 9.07 Å². The van der Waals surface area contributed by atoms with E-state index in [2.05, 4.69) is 10.4 Å². The standard InChI is InChI=1S/C20H18FN3O3/c1-3-24-20(27)19(22-14-9-10-16(26)15(21)11-14)17(12(2)25)18(23-24)13-7-5-4-6-8-13/h4-11,22,26H,3H2,1-2H3. The second-order valence-electron chi connectivity index (χ2n) is 5.93. The van der Waals surface area contributed by atoms with Crippen LogP contribution in [0.5, 0.6) is 5.75 Å². The summed E-state index contributed by atoms with van der Waals surface area (Å²) < 4.78 is 14.9. The quantitative estimate of drug-likeness (QED) is 0.530. The Hall–Kier alpha value is -3.48. The molecule has 3 aromatic rings. The van der Waals surface area contributed by atoms with E-state index in [0.29, 0.717) is 17.8 Å². The van der Waals surface area contributed by atoms with E-state index in [-0.39, 0.29) is 22.7 Å². The Morgan fingerprint density at radius 1 is 1.22 bits per heavy atom. The number of anilines is 2. The number of ketones is 1. The van der Waals surface area contributed by atoms with Crippen molar-refractivity contribution < 1.29 is 14.3 Å². The van der Waals surface area contributed by atoms with Gasteiger partial charge in [0, 0.05) is 23.9 Å². The van der Waals surface area contributed by atoms with Crippen molar-refractivity contribution in [3.63, 3.8) is 0 Å². The van der Waals surface area contributed by atoms with Crippen LogP contribution in [0.25, 0.3) is 11.3 Å². The maximum absolute atomic E-state index is 13.7. The smallest absolute Gasteiger partial charge is 0.291 e. The topological polar surface area (TPSA) is 84.2 Å². The molecule has 0 aliphatic heterocycles. The molecule has 2 N–H and O–H groups in total. The maximum atomic E-state index is 13.7. The minimum atomic E-state index is -0.836. The van der Waals surface area contributed by atoms with Crippen LogP contribution >= 0.6 is 0 Å². The molecule has 0 amide bonds. The first-order valence-corrected chi connectivity index (χ1v) is 8.39. The number of aryl methyl sites for hydroxylation is 1. The lowest BCUT2D eigenvalue weighted by molar-refractivity contribution is 0.101. The average molecular weight is 367 g/mol. The van der Waals surface area contributed by atoms with E-state index in [1.807, 2.05) is 18.2 Å². The minimum absolute atomic E-state index is 0.0169. The van der Waals surface area contributed by atoms with Crippen molar-refractivity contribution in [2.75, 3.05) is 5.32 Å². The fraction of sp³-hybridized carbons (Fsp3) is 0.150. The number of benzene rings is 2. The van der Waals surface area contributed by atoms with Gasteiger partial charge in [0.25, 0.3) is 5.56 Å². The highest BCUT2D eigenvalue weighted by molar-refractivity contribution is 6.05. The molecule has 0 aliphatic carbocycles. The summed E-state index contributed by atoms with van der Waals surface area (Å²) in [6.45, 7) is 3.41. The van der Waals surface area contributed by atoms with Crippen LogP contribution in [0, 0.1) is 5.82 Å². The predicted molar refractivity (Wildman–Crippen MR) is 101 cm³/mol. The Morgan fingerprint density at radius 3 is 2.52 bits per heavy atom. The Kier molecular flexibility index (Phi) is 5.03. The van der Waals surface area contributed by atoms with Gasteiger partial charge in [-0.3, -0.25) is 9.59 Å². The summed E-state index contributed by atoms with van der Waals surface area (Å²) in [6, 6.07) is 12.7. The number of nitrogens with zero attached hydrogens (tertiary/aromatic N) is 2. The summed E-state index contributed by atoms with van der Waals surface area (Å²) in [4.78, 5) is 25.2. The number of hydrogen-bond donors (Lipinski definition) is 2. The van der Waals surface area contributed by atoms with E-state index in [9.17, 15) is 19.1 Å². The summed E-state index contributed by atoms with van der Waals surface area (Å²) in [5.41, 5.74) is 0.942. The first-order chi connectivity index (χ1) is 12.9. The second kappa shape index (κ2) is 7.41. The lowest BCUT2D eigenvalue weighted by Crippen LogP contribution is -2.28. The number of phenolic OH excluding ortho intramolecular Hbond substituents is 1. The lowest BCUT2D eigenvalue weighted by atomic mass is 10.0. The van der Waals surface area contributed by atoms with Crippen molar-refractivity contribution in [2.24, 2.45) is 0 Å². The van der Waals surface area contributed by atoms with Gasteiger partial charge in [-0.05, 0) is 26.0 Å². The number of nitrogens with one attached hydrogen (secondary N) is 1. The van der Waals surface area contributed by atoms with Gasteiger partial charge in [0.1, 0.15) is 11.4 Å². The number of rotatable bonds is 5. The molecule has 0 radical (unpaired) electrons. The molecular weight excluding hydrogens is 349 g/mol. The van der Waals surface area contributed by atoms with Crippen LogP contribution in [0.2, 0.25) is 0 Å². The molecule has 0 unspecified atom stereocenters. The molecule has 1 heterocycles. The monoisotopic (exact) mass is 367 g/mol. The Bertz CT molecular complexity index is 1060. The average Bonchev–Trinajstić information content (AvgIpc) is 2.66. The van der Waals surface area contributed by atoms with Gasteiger partial charge >= 0.3 is 0 Å². The molecule has 0 aliphatic rings. The van der Waals surface area contributed by atoms with E-state index in [1.54, 1.807) is 19.1 Å². The summed E-state index contributed by atoms with van der Waals surface area (Å²) in [5.74, 6) is -1.68. The molecule has 7 heteroatoms. The normalized spacial score (nSPS) is 10.6. The van der Waals surface area contributed by atoms with Gasteiger partial charge in [0.05, 0.1) is 5.56 Å². The third-order valence-corrected chi connectivity index (χ3v) is 4.07. The van der Waals surface area contributed by atoms with Gasteiger partial charge < -0.3 is 10.4 Å². The van der Waals surface area contributed by atoms with Crippen LogP contribution in [0.1, 0.15) is 24.2 Å². The van der Waals surface area contributed by atoms with Gasteiger partial charge in [0.15, 0.2) is 17.3 Å². The molecule has 6 nitrogen and oxygen atoms in total. The number of carbonyl (C=O) groups excluding carboxylic acids is 1. The fourth-order valence-corrected chi connectivity index (χ4v) is 2.77. The van der Waals surface area contributed by atoms with Crippen molar-refractivity contribution in [1.29, 1.82) is 0 Å². The zero-order chi connectivity index (χ0) is 19.6. The van der Waals surface area contributed by atoms with Gasteiger partial charge in [-0.15, -0.1) is 0 Å². The van der Waals surface area contributed by atoms with Gasteiger partial charge in [0.2, 0.25) is 0 Å². The van der Waals surface area contributed by atoms with Crippen molar-refractivity contribution >= 4 is 17.2 Å². The van der Waals surface area contributed by atoms with Gasteiger partial charge in [-0.2, -0.15) is 5.10 Å². The number of aromatic hydroxyl groups is 1. The maximum Gasteiger partial charge on any atom is 0.291 e. The highest BCUT2D eigenvalue weighted by Gasteiger charge is 2.22. The molecule has 1 aromatic heterocycles. The third kappa shape index (κ3) is 3.57. The van der Waals surface area contributed by atoms with E-state index in [0.717, 1.165) is 6.07 Å². The number of hydrogen-bond acceptors (Lipinski definition) is 5. The Balaban J connectivity index is 2.26. The molecule has 0 atom stereocenters. The van der Waals surface area contributed by atoms with Gasteiger partial charge in [-0.1, -0.05) is 30.3 Å². The molecule has 0 saturated heterocycles. The van der Waals surface area contributed by atoms with Crippen LogP contribution < -0.4 is 10.9 Å². The van der Waals surface area contributed by atoms with Crippen LogP contribution in [-0.4, -0.2) is 20.7 Å². The molecular formula is C20H18FN3O3. The van der Waals surface area contributed by atoms with E-state index in [4.69, 9.17) is 0 Å². The predicted octanol–water partition coefficient (Wildman–Crippen LogP) is 3.72. The third-order valence-electron chi connectivity index (χ3n) is 4.07. The lowest BCUT2D eigenvalue weighted by Gasteiger charge is -2.16. The fourth-order valence-electron chi connectivity index (χ4n) is 2.77. The zero-order valence-corrected chi connectivity index (χ0v) is 14.9. The largest absolute Gasteiger partial charge is 0.505 e. The van der Waals surface area contributed by atoms with Crippen LogP contribution in [0.4, 0.5) is 15.8 Å². The molecule has 0 fully saturated rings.